The van der Waals surface area contributed by atoms with Gasteiger partial charge in [-0.1, -0.05) is 37.6 Å². The van der Waals surface area contributed by atoms with Gasteiger partial charge in [0, 0.05) is 0 Å². The zero-order valence-corrected chi connectivity index (χ0v) is 9.97. The SMILES string of the molecule is CC(C)C(C)(C#N)Nc1ccccc1Cl. The summed E-state index contributed by atoms with van der Waals surface area (Å²) >= 11 is 6.02. The summed E-state index contributed by atoms with van der Waals surface area (Å²) in [5.74, 6) is 0.207. The predicted octanol–water partition coefficient (Wildman–Crippen LogP) is 3.69. The fourth-order valence-electron chi connectivity index (χ4n) is 1.14. The molecule has 1 unspecified atom stereocenters. The molecule has 1 rings (SSSR count). The van der Waals surface area contributed by atoms with Crippen molar-refractivity contribution in [3.8, 4) is 6.07 Å². The van der Waals surface area contributed by atoms with Crippen molar-refractivity contribution in [2.75, 3.05) is 5.32 Å². The van der Waals surface area contributed by atoms with E-state index >= 15 is 0 Å². The van der Waals surface area contributed by atoms with E-state index < -0.39 is 5.54 Å². The van der Waals surface area contributed by atoms with E-state index in [0.29, 0.717) is 5.02 Å². The number of nitriles is 1. The molecule has 0 radical (unpaired) electrons. The summed E-state index contributed by atoms with van der Waals surface area (Å²) in [6.07, 6.45) is 0. The second kappa shape index (κ2) is 4.55. The molecule has 0 aliphatic rings. The van der Waals surface area contributed by atoms with Gasteiger partial charge in [-0.3, -0.25) is 0 Å². The highest BCUT2D eigenvalue weighted by Gasteiger charge is 2.28. The minimum Gasteiger partial charge on any atom is -0.366 e. The van der Waals surface area contributed by atoms with Crippen molar-refractivity contribution in [1.29, 1.82) is 5.26 Å². The van der Waals surface area contributed by atoms with Gasteiger partial charge in [0.1, 0.15) is 5.54 Å². The van der Waals surface area contributed by atoms with Gasteiger partial charge in [0.05, 0.1) is 16.8 Å². The quantitative estimate of drug-likeness (QED) is 0.847. The highest BCUT2D eigenvalue weighted by molar-refractivity contribution is 6.33. The highest BCUT2D eigenvalue weighted by atomic mass is 35.5. The van der Waals surface area contributed by atoms with Crippen molar-refractivity contribution in [2.45, 2.75) is 26.3 Å². The van der Waals surface area contributed by atoms with E-state index in [1.165, 1.54) is 0 Å². The molecular formula is C12H15ClN2. The molecule has 0 aliphatic carbocycles. The number of halogens is 1. The van der Waals surface area contributed by atoms with Crippen LogP contribution in [0, 0.1) is 17.2 Å². The Labute approximate surface area is 95.9 Å². The fourth-order valence-corrected chi connectivity index (χ4v) is 1.33. The molecule has 0 amide bonds. The maximum atomic E-state index is 9.15. The number of benzene rings is 1. The Morgan fingerprint density at radius 2 is 2.00 bits per heavy atom. The molecule has 1 aromatic rings. The monoisotopic (exact) mass is 222 g/mol. The third-order valence-electron chi connectivity index (χ3n) is 2.66. The molecule has 0 bridgehead atoms. The highest BCUT2D eigenvalue weighted by Crippen LogP contribution is 2.27. The van der Waals surface area contributed by atoms with E-state index in [2.05, 4.69) is 11.4 Å². The van der Waals surface area contributed by atoms with Gasteiger partial charge in [0.25, 0.3) is 0 Å². The van der Waals surface area contributed by atoms with Crippen LogP contribution in [0.25, 0.3) is 0 Å². The second-order valence-electron chi connectivity index (χ2n) is 4.07. The van der Waals surface area contributed by atoms with E-state index in [1.54, 1.807) is 0 Å². The van der Waals surface area contributed by atoms with E-state index in [1.807, 2.05) is 45.0 Å². The average Bonchev–Trinajstić information content (AvgIpc) is 2.21. The van der Waals surface area contributed by atoms with Crippen LogP contribution in [0.4, 0.5) is 5.69 Å². The van der Waals surface area contributed by atoms with E-state index in [-0.39, 0.29) is 5.92 Å². The lowest BCUT2D eigenvalue weighted by Gasteiger charge is -2.28. The number of anilines is 1. The number of hydrogen-bond acceptors (Lipinski definition) is 2. The first-order valence-electron chi connectivity index (χ1n) is 4.93. The molecule has 15 heavy (non-hydrogen) atoms. The van der Waals surface area contributed by atoms with Crippen LogP contribution < -0.4 is 5.32 Å². The second-order valence-corrected chi connectivity index (χ2v) is 4.48. The summed E-state index contributed by atoms with van der Waals surface area (Å²) in [6.45, 7) is 5.89. The summed E-state index contributed by atoms with van der Waals surface area (Å²) in [7, 11) is 0. The third-order valence-corrected chi connectivity index (χ3v) is 2.98. The zero-order chi connectivity index (χ0) is 11.5. The molecule has 80 valence electrons. The molecule has 0 fully saturated rings. The normalized spacial score (nSPS) is 14.4. The predicted molar refractivity (Wildman–Crippen MR) is 63.9 cm³/mol. The third kappa shape index (κ3) is 2.64. The van der Waals surface area contributed by atoms with Crippen LogP contribution in [0.5, 0.6) is 0 Å². The fraction of sp³-hybridized carbons (Fsp3) is 0.417. The first-order valence-corrected chi connectivity index (χ1v) is 5.31. The summed E-state index contributed by atoms with van der Waals surface area (Å²) in [5.41, 5.74) is 0.210. The molecule has 1 aromatic carbocycles. The van der Waals surface area contributed by atoms with Crippen LogP contribution in [0.3, 0.4) is 0 Å². The minimum atomic E-state index is -0.592. The number of nitrogens with one attached hydrogen (secondary N) is 1. The molecule has 2 nitrogen and oxygen atoms in total. The van der Waals surface area contributed by atoms with Crippen LogP contribution in [0.1, 0.15) is 20.8 Å². The Balaban J connectivity index is 2.96. The van der Waals surface area contributed by atoms with Crippen molar-refractivity contribution < 1.29 is 0 Å². The number of nitrogens with zero attached hydrogens (tertiary/aromatic N) is 1. The minimum absolute atomic E-state index is 0.207. The van der Waals surface area contributed by atoms with E-state index in [0.717, 1.165) is 5.69 Å². The van der Waals surface area contributed by atoms with Crippen molar-refractivity contribution in [3.05, 3.63) is 29.3 Å². The lowest BCUT2D eigenvalue weighted by molar-refractivity contribution is 0.464. The van der Waals surface area contributed by atoms with Gasteiger partial charge >= 0.3 is 0 Å². The maximum Gasteiger partial charge on any atom is 0.124 e. The number of hydrogen-bond donors (Lipinski definition) is 1. The number of para-hydroxylation sites is 1. The molecule has 0 saturated heterocycles. The van der Waals surface area contributed by atoms with Gasteiger partial charge in [-0.05, 0) is 25.0 Å². The zero-order valence-electron chi connectivity index (χ0n) is 9.21. The van der Waals surface area contributed by atoms with Crippen LogP contribution in [0.15, 0.2) is 24.3 Å². The lowest BCUT2D eigenvalue weighted by atomic mass is 9.90. The summed E-state index contributed by atoms with van der Waals surface area (Å²) in [4.78, 5) is 0. The standard InChI is InChI=1S/C12H15ClN2/c1-9(2)12(3,8-14)15-11-7-5-4-6-10(11)13/h4-7,9,15H,1-3H3. The van der Waals surface area contributed by atoms with Crippen LogP contribution in [-0.2, 0) is 0 Å². The van der Waals surface area contributed by atoms with Gasteiger partial charge in [0.15, 0.2) is 0 Å². The Hall–Kier alpha value is -1.20. The lowest BCUT2D eigenvalue weighted by Crippen LogP contribution is -2.38. The Morgan fingerprint density at radius 1 is 1.40 bits per heavy atom. The van der Waals surface area contributed by atoms with Crippen molar-refractivity contribution in [3.63, 3.8) is 0 Å². The van der Waals surface area contributed by atoms with Crippen molar-refractivity contribution >= 4 is 17.3 Å². The molecule has 0 saturated carbocycles. The molecule has 1 atom stereocenters. The molecule has 0 aromatic heterocycles. The molecule has 1 N–H and O–H groups in total. The van der Waals surface area contributed by atoms with Gasteiger partial charge < -0.3 is 5.32 Å². The molecular weight excluding hydrogens is 208 g/mol. The van der Waals surface area contributed by atoms with Crippen molar-refractivity contribution in [2.24, 2.45) is 5.92 Å². The van der Waals surface area contributed by atoms with Crippen LogP contribution in [0.2, 0.25) is 5.02 Å². The first-order chi connectivity index (χ1) is 6.99. The molecule has 3 heteroatoms. The van der Waals surface area contributed by atoms with Crippen molar-refractivity contribution in [1.82, 2.24) is 0 Å². The van der Waals surface area contributed by atoms with Gasteiger partial charge in [0.2, 0.25) is 0 Å². The molecule has 0 aliphatic heterocycles. The Bertz CT molecular complexity index is 381. The molecule has 0 heterocycles. The first kappa shape index (κ1) is 11.9. The smallest absolute Gasteiger partial charge is 0.124 e. The summed E-state index contributed by atoms with van der Waals surface area (Å²) < 4.78 is 0. The summed E-state index contributed by atoms with van der Waals surface area (Å²) in [5, 5.41) is 13.0. The van der Waals surface area contributed by atoms with Gasteiger partial charge in [-0.25, -0.2) is 0 Å². The van der Waals surface area contributed by atoms with Crippen LogP contribution in [-0.4, -0.2) is 5.54 Å². The average molecular weight is 223 g/mol. The summed E-state index contributed by atoms with van der Waals surface area (Å²) in [6, 6.07) is 9.73. The van der Waals surface area contributed by atoms with E-state index in [4.69, 9.17) is 16.9 Å². The Kier molecular flexibility index (Phi) is 3.60. The van der Waals surface area contributed by atoms with Gasteiger partial charge in [-0.15, -0.1) is 0 Å². The van der Waals surface area contributed by atoms with Gasteiger partial charge in [-0.2, -0.15) is 5.26 Å². The van der Waals surface area contributed by atoms with E-state index in [9.17, 15) is 0 Å². The Morgan fingerprint density at radius 3 is 2.47 bits per heavy atom. The maximum absolute atomic E-state index is 9.15. The number of rotatable bonds is 3. The van der Waals surface area contributed by atoms with Crippen LogP contribution >= 0.6 is 11.6 Å². The largest absolute Gasteiger partial charge is 0.366 e. The molecule has 0 spiro atoms. The topological polar surface area (TPSA) is 35.8 Å².